The summed E-state index contributed by atoms with van der Waals surface area (Å²) < 4.78 is 26.7. The van der Waals surface area contributed by atoms with E-state index in [9.17, 15) is 13.2 Å². The van der Waals surface area contributed by atoms with Gasteiger partial charge in [0.15, 0.2) is 0 Å². The third-order valence-corrected chi connectivity index (χ3v) is 5.58. The van der Waals surface area contributed by atoms with Gasteiger partial charge in [0, 0.05) is 24.6 Å². The van der Waals surface area contributed by atoms with Crippen molar-refractivity contribution in [2.24, 2.45) is 0 Å². The fourth-order valence-electron chi connectivity index (χ4n) is 2.68. The Morgan fingerprint density at radius 2 is 1.81 bits per heavy atom. The Hall–Kier alpha value is -2.71. The Labute approximate surface area is 158 Å². The number of H-pyrrole nitrogens is 1. The summed E-state index contributed by atoms with van der Waals surface area (Å²) >= 11 is 0. The summed E-state index contributed by atoms with van der Waals surface area (Å²) in [6, 6.07) is 13.4. The van der Waals surface area contributed by atoms with Crippen LogP contribution in [0.15, 0.2) is 53.4 Å². The molecule has 1 heterocycles. The average Bonchev–Trinajstić information content (AvgIpc) is 3.03. The Balaban J connectivity index is 1.58. The van der Waals surface area contributed by atoms with Gasteiger partial charge in [0.25, 0.3) is 5.91 Å². The molecule has 0 aliphatic carbocycles. The highest BCUT2D eigenvalue weighted by molar-refractivity contribution is 7.89. The van der Waals surface area contributed by atoms with Gasteiger partial charge in [0.1, 0.15) is 5.82 Å². The number of benzene rings is 2. The number of sulfonamides is 1. The number of aromatic nitrogens is 2. The summed E-state index contributed by atoms with van der Waals surface area (Å²) in [5.74, 6) is 0.546. The van der Waals surface area contributed by atoms with Gasteiger partial charge in [-0.1, -0.05) is 12.1 Å². The van der Waals surface area contributed by atoms with Crippen molar-refractivity contribution in [3.63, 3.8) is 0 Å². The van der Waals surface area contributed by atoms with Crippen LogP contribution in [0.25, 0.3) is 11.0 Å². The molecule has 0 unspecified atom stereocenters. The normalized spacial score (nSPS) is 11.8. The maximum Gasteiger partial charge on any atom is 0.251 e. The van der Waals surface area contributed by atoms with E-state index in [-0.39, 0.29) is 16.8 Å². The van der Waals surface area contributed by atoms with E-state index in [2.05, 4.69) is 20.0 Å². The lowest BCUT2D eigenvalue weighted by atomic mass is 10.2. The molecule has 2 aromatic carbocycles. The van der Waals surface area contributed by atoms with Gasteiger partial charge in [-0.25, -0.2) is 18.1 Å². The Morgan fingerprint density at radius 1 is 1.11 bits per heavy atom. The van der Waals surface area contributed by atoms with Crippen molar-refractivity contribution < 1.29 is 13.2 Å². The maximum atomic E-state index is 12.2. The molecule has 0 saturated heterocycles. The number of aromatic amines is 1. The highest BCUT2D eigenvalue weighted by Gasteiger charge is 2.16. The summed E-state index contributed by atoms with van der Waals surface area (Å²) in [4.78, 5) is 20.0. The van der Waals surface area contributed by atoms with E-state index in [4.69, 9.17) is 0 Å². The number of nitrogens with zero attached hydrogens (tertiary/aromatic N) is 1. The van der Waals surface area contributed by atoms with Crippen LogP contribution in [0, 0.1) is 0 Å². The van der Waals surface area contributed by atoms with Gasteiger partial charge in [-0.3, -0.25) is 4.79 Å². The second-order valence-electron chi connectivity index (χ2n) is 6.51. The van der Waals surface area contributed by atoms with E-state index in [0.717, 1.165) is 16.9 Å². The van der Waals surface area contributed by atoms with E-state index in [1.807, 2.05) is 24.3 Å². The first-order valence-electron chi connectivity index (χ1n) is 8.69. The van der Waals surface area contributed by atoms with Crippen molar-refractivity contribution in [3.8, 4) is 0 Å². The number of carbonyl (C=O) groups excluding carboxylic acids is 1. The van der Waals surface area contributed by atoms with Gasteiger partial charge in [-0.2, -0.15) is 0 Å². The number of fused-ring (bicyclic) bond motifs is 1. The third-order valence-electron chi connectivity index (χ3n) is 3.90. The summed E-state index contributed by atoms with van der Waals surface area (Å²) in [5, 5.41) is 2.82. The van der Waals surface area contributed by atoms with Crippen molar-refractivity contribution in [2.75, 3.05) is 6.54 Å². The molecule has 0 aliphatic rings. The first-order valence-corrected chi connectivity index (χ1v) is 10.2. The Bertz CT molecular complexity index is 1010. The zero-order chi connectivity index (χ0) is 19.4. The molecule has 0 spiro atoms. The van der Waals surface area contributed by atoms with Crippen molar-refractivity contribution in [1.82, 2.24) is 20.0 Å². The number of rotatable bonds is 7. The molecule has 0 saturated carbocycles. The predicted octanol–water partition coefficient (Wildman–Crippen LogP) is 2.22. The molecule has 0 aliphatic heterocycles. The number of hydrogen-bond acceptors (Lipinski definition) is 4. The molecule has 0 radical (unpaired) electrons. The van der Waals surface area contributed by atoms with Crippen LogP contribution in [0.1, 0.15) is 30.0 Å². The maximum absolute atomic E-state index is 12.2. The zero-order valence-electron chi connectivity index (χ0n) is 15.2. The molecule has 1 amide bonds. The monoisotopic (exact) mass is 386 g/mol. The minimum Gasteiger partial charge on any atom is -0.352 e. The molecule has 0 fully saturated rings. The molecule has 1 aromatic heterocycles. The highest BCUT2D eigenvalue weighted by Crippen LogP contribution is 2.12. The highest BCUT2D eigenvalue weighted by atomic mass is 32.2. The molecule has 7 nitrogen and oxygen atoms in total. The molecule has 142 valence electrons. The lowest BCUT2D eigenvalue weighted by Crippen LogP contribution is -2.30. The van der Waals surface area contributed by atoms with Crippen molar-refractivity contribution in [3.05, 3.63) is 59.9 Å². The van der Waals surface area contributed by atoms with E-state index < -0.39 is 10.0 Å². The lowest BCUT2D eigenvalue weighted by molar-refractivity contribution is 0.0954. The minimum absolute atomic E-state index is 0.134. The first-order chi connectivity index (χ1) is 12.8. The van der Waals surface area contributed by atoms with Gasteiger partial charge in [0.2, 0.25) is 10.0 Å². The summed E-state index contributed by atoms with van der Waals surface area (Å²) in [5.41, 5.74) is 2.26. The van der Waals surface area contributed by atoms with Crippen LogP contribution in [0.2, 0.25) is 0 Å². The molecule has 3 rings (SSSR count). The number of carbonyl (C=O) groups is 1. The van der Waals surface area contributed by atoms with Gasteiger partial charge in [0.05, 0.1) is 15.9 Å². The van der Waals surface area contributed by atoms with Gasteiger partial charge < -0.3 is 10.3 Å². The number of nitrogens with one attached hydrogen (secondary N) is 3. The third kappa shape index (κ3) is 4.72. The Kier molecular flexibility index (Phi) is 5.57. The van der Waals surface area contributed by atoms with Crippen molar-refractivity contribution >= 4 is 27.0 Å². The number of amides is 1. The second-order valence-corrected chi connectivity index (χ2v) is 8.22. The van der Waals surface area contributed by atoms with Gasteiger partial charge in [-0.15, -0.1) is 0 Å². The Morgan fingerprint density at radius 3 is 2.48 bits per heavy atom. The molecule has 0 atom stereocenters. The molecule has 8 heteroatoms. The van der Waals surface area contributed by atoms with Crippen LogP contribution in [-0.2, 0) is 16.4 Å². The van der Waals surface area contributed by atoms with Crippen LogP contribution >= 0.6 is 0 Å². The zero-order valence-corrected chi connectivity index (χ0v) is 16.0. The molecule has 3 N–H and O–H groups in total. The van der Waals surface area contributed by atoms with E-state index in [0.29, 0.717) is 18.5 Å². The number of imidazole rings is 1. The SMILES string of the molecule is CC(C)NS(=O)(=O)c1ccc(C(=O)NCCc2nc3ccccc3[nH]2)cc1. The molecular weight excluding hydrogens is 364 g/mol. The van der Waals surface area contributed by atoms with Crippen LogP contribution in [-0.4, -0.2) is 36.9 Å². The largest absolute Gasteiger partial charge is 0.352 e. The quantitative estimate of drug-likeness (QED) is 0.579. The van der Waals surface area contributed by atoms with E-state index in [1.54, 1.807) is 13.8 Å². The van der Waals surface area contributed by atoms with Crippen LogP contribution in [0.4, 0.5) is 0 Å². The van der Waals surface area contributed by atoms with Crippen LogP contribution in [0.5, 0.6) is 0 Å². The van der Waals surface area contributed by atoms with Gasteiger partial charge >= 0.3 is 0 Å². The van der Waals surface area contributed by atoms with Crippen LogP contribution < -0.4 is 10.0 Å². The summed E-state index contributed by atoms with van der Waals surface area (Å²) in [6.45, 7) is 3.93. The average molecular weight is 386 g/mol. The fourth-order valence-corrected chi connectivity index (χ4v) is 3.94. The van der Waals surface area contributed by atoms with E-state index in [1.165, 1.54) is 24.3 Å². The fraction of sp³-hybridized carbons (Fsp3) is 0.263. The molecule has 0 bridgehead atoms. The number of hydrogen-bond donors (Lipinski definition) is 3. The van der Waals surface area contributed by atoms with Crippen LogP contribution in [0.3, 0.4) is 0 Å². The van der Waals surface area contributed by atoms with Crippen molar-refractivity contribution in [1.29, 1.82) is 0 Å². The number of para-hydroxylation sites is 2. The smallest absolute Gasteiger partial charge is 0.251 e. The second kappa shape index (κ2) is 7.89. The summed E-state index contributed by atoms with van der Waals surface area (Å²) in [7, 11) is -3.56. The topological polar surface area (TPSA) is 104 Å². The predicted molar refractivity (Wildman–Crippen MR) is 104 cm³/mol. The summed E-state index contributed by atoms with van der Waals surface area (Å²) in [6.07, 6.45) is 0.575. The molecular formula is C19H22N4O3S. The van der Waals surface area contributed by atoms with E-state index >= 15 is 0 Å². The molecule has 3 aromatic rings. The first kappa shape index (κ1) is 19.1. The lowest BCUT2D eigenvalue weighted by Gasteiger charge is -2.10. The minimum atomic E-state index is -3.56. The molecule has 27 heavy (non-hydrogen) atoms. The van der Waals surface area contributed by atoms with Gasteiger partial charge in [-0.05, 0) is 50.2 Å². The standard InChI is InChI=1S/C19H22N4O3S/c1-13(2)23-27(25,26)15-9-7-14(8-10-15)19(24)20-12-11-18-21-16-5-3-4-6-17(16)22-18/h3-10,13,23H,11-12H2,1-2H3,(H,20,24)(H,21,22). The van der Waals surface area contributed by atoms with Crippen molar-refractivity contribution in [2.45, 2.75) is 31.2 Å².